The normalized spacial score (nSPS) is 10.8. The van der Waals surface area contributed by atoms with Gasteiger partial charge in [-0.2, -0.15) is 5.10 Å². The summed E-state index contributed by atoms with van der Waals surface area (Å²) in [6.07, 6.45) is 7.42. The lowest BCUT2D eigenvalue weighted by atomic mass is 10.2. The summed E-state index contributed by atoms with van der Waals surface area (Å²) in [6.45, 7) is 3.02. The zero-order valence-electron chi connectivity index (χ0n) is 14.7. The molecule has 0 unspecified atom stereocenters. The molecule has 0 bridgehead atoms. The predicted octanol–water partition coefficient (Wildman–Crippen LogP) is 4.83. The van der Waals surface area contributed by atoms with Crippen LogP contribution >= 0.6 is 11.3 Å². The Bertz CT molecular complexity index is 708. The fourth-order valence-electron chi connectivity index (χ4n) is 2.87. The van der Waals surface area contributed by atoms with Gasteiger partial charge in [0, 0.05) is 36.0 Å². The lowest BCUT2D eigenvalue weighted by molar-refractivity contribution is 0.415. The average molecular weight is 356 g/mol. The van der Waals surface area contributed by atoms with E-state index in [1.54, 1.807) is 7.11 Å². The predicted molar refractivity (Wildman–Crippen MR) is 104 cm³/mol. The Labute approximate surface area is 153 Å². The van der Waals surface area contributed by atoms with Crippen LogP contribution in [0.15, 0.2) is 60.2 Å². The van der Waals surface area contributed by atoms with E-state index in [2.05, 4.69) is 39.6 Å². The van der Waals surface area contributed by atoms with E-state index in [1.807, 2.05) is 46.6 Å². The minimum absolute atomic E-state index is 0.902. The molecule has 0 radical (unpaired) electrons. The molecule has 2 aromatic heterocycles. The van der Waals surface area contributed by atoms with Gasteiger partial charge in [-0.3, -0.25) is 4.68 Å². The standard InChI is InChI=1S/C20H25N3OS/c1-24-19-10-8-18(9-11-19)22(17-20-7-5-16-25-20)13-3-2-4-14-23-15-6-12-21-23/h5-12,15-16H,2-4,13-14,17H2,1H3. The Balaban J connectivity index is 1.54. The molecule has 3 rings (SSSR count). The van der Waals surface area contributed by atoms with E-state index >= 15 is 0 Å². The number of aryl methyl sites for hydroxylation is 1. The molecule has 132 valence electrons. The number of unbranched alkanes of at least 4 members (excludes halogenated alkanes) is 2. The number of hydrogen-bond acceptors (Lipinski definition) is 4. The number of anilines is 1. The minimum atomic E-state index is 0.902. The summed E-state index contributed by atoms with van der Waals surface area (Å²) < 4.78 is 7.29. The topological polar surface area (TPSA) is 30.3 Å². The van der Waals surface area contributed by atoms with Crippen molar-refractivity contribution >= 4 is 17.0 Å². The van der Waals surface area contributed by atoms with Gasteiger partial charge in [-0.15, -0.1) is 11.3 Å². The monoisotopic (exact) mass is 355 g/mol. The van der Waals surface area contributed by atoms with Gasteiger partial charge in [0.05, 0.1) is 13.7 Å². The maximum absolute atomic E-state index is 5.28. The number of rotatable bonds is 10. The summed E-state index contributed by atoms with van der Waals surface area (Å²) in [5, 5.41) is 6.40. The van der Waals surface area contributed by atoms with E-state index < -0.39 is 0 Å². The van der Waals surface area contributed by atoms with E-state index in [0.29, 0.717) is 0 Å². The summed E-state index contributed by atoms with van der Waals surface area (Å²) in [5.41, 5.74) is 1.25. The molecule has 0 aliphatic heterocycles. The van der Waals surface area contributed by atoms with E-state index in [0.717, 1.165) is 31.8 Å². The van der Waals surface area contributed by atoms with Crippen LogP contribution in [-0.2, 0) is 13.1 Å². The minimum Gasteiger partial charge on any atom is -0.497 e. The largest absolute Gasteiger partial charge is 0.497 e. The molecule has 0 fully saturated rings. The average Bonchev–Trinajstić information content (AvgIpc) is 3.34. The summed E-state index contributed by atoms with van der Waals surface area (Å²) in [6, 6.07) is 14.7. The third-order valence-corrected chi connectivity index (χ3v) is 5.10. The first-order valence-electron chi connectivity index (χ1n) is 8.74. The SMILES string of the molecule is COc1ccc(N(CCCCCn2cccn2)Cc2cccs2)cc1. The zero-order valence-corrected chi connectivity index (χ0v) is 15.5. The lowest BCUT2D eigenvalue weighted by Gasteiger charge is -2.24. The van der Waals surface area contributed by atoms with Crippen LogP contribution in [0, 0.1) is 0 Å². The van der Waals surface area contributed by atoms with Gasteiger partial charge in [-0.05, 0) is 61.0 Å². The highest BCUT2D eigenvalue weighted by Crippen LogP contribution is 2.23. The Hall–Kier alpha value is -2.27. The number of benzene rings is 1. The zero-order chi connectivity index (χ0) is 17.3. The Morgan fingerprint density at radius 1 is 1.08 bits per heavy atom. The Morgan fingerprint density at radius 3 is 2.64 bits per heavy atom. The van der Waals surface area contributed by atoms with Crippen LogP contribution < -0.4 is 9.64 Å². The summed E-state index contributed by atoms with van der Waals surface area (Å²) >= 11 is 1.82. The highest BCUT2D eigenvalue weighted by Gasteiger charge is 2.08. The fraction of sp³-hybridized carbons (Fsp3) is 0.350. The van der Waals surface area contributed by atoms with Gasteiger partial charge in [-0.25, -0.2) is 0 Å². The molecule has 0 spiro atoms. The van der Waals surface area contributed by atoms with E-state index in [4.69, 9.17) is 4.74 Å². The maximum Gasteiger partial charge on any atom is 0.119 e. The van der Waals surface area contributed by atoms with Crippen molar-refractivity contribution in [2.75, 3.05) is 18.6 Å². The highest BCUT2D eigenvalue weighted by atomic mass is 32.1. The first-order chi connectivity index (χ1) is 12.3. The van der Waals surface area contributed by atoms with Gasteiger partial charge in [0.25, 0.3) is 0 Å². The second-order valence-corrected chi connectivity index (χ2v) is 7.06. The quantitative estimate of drug-likeness (QED) is 0.488. The molecule has 0 aliphatic carbocycles. The number of ether oxygens (including phenoxy) is 1. The van der Waals surface area contributed by atoms with Crippen molar-refractivity contribution in [1.29, 1.82) is 0 Å². The summed E-state index contributed by atoms with van der Waals surface area (Å²) in [7, 11) is 1.71. The molecule has 3 aromatic rings. The van der Waals surface area contributed by atoms with E-state index in [-0.39, 0.29) is 0 Å². The summed E-state index contributed by atoms with van der Waals surface area (Å²) in [4.78, 5) is 3.85. The molecule has 0 saturated carbocycles. The van der Waals surface area contributed by atoms with E-state index in [1.165, 1.54) is 23.4 Å². The number of methoxy groups -OCH3 is 1. The van der Waals surface area contributed by atoms with Gasteiger partial charge >= 0.3 is 0 Å². The molecule has 0 amide bonds. The second-order valence-electron chi connectivity index (χ2n) is 6.03. The van der Waals surface area contributed by atoms with Gasteiger partial charge in [0.2, 0.25) is 0 Å². The smallest absolute Gasteiger partial charge is 0.119 e. The summed E-state index contributed by atoms with van der Waals surface area (Å²) in [5.74, 6) is 0.902. The maximum atomic E-state index is 5.28. The molecule has 2 heterocycles. The van der Waals surface area contributed by atoms with Crippen molar-refractivity contribution < 1.29 is 4.74 Å². The van der Waals surface area contributed by atoms with Gasteiger partial charge < -0.3 is 9.64 Å². The Morgan fingerprint density at radius 2 is 1.96 bits per heavy atom. The van der Waals surface area contributed by atoms with Gasteiger partial charge in [0.15, 0.2) is 0 Å². The molecular weight excluding hydrogens is 330 g/mol. The van der Waals surface area contributed by atoms with Gasteiger partial charge in [0.1, 0.15) is 5.75 Å². The first-order valence-corrected chi connectivity index (χ1v) is 9.62. The Kier molecular flexibility index (Phi) is 6.51. The van der Waals surface area contributed by atoms with Crippen molar-refractivity contribution in [3.63, 3.8) is 0 Å². The third-order valence-electron chi connectivity index (χ3n) is 4.24. The number of aromatic nitrogens is 2. The van der Waals surface area contributed by atoms with Crippen LogP contribution in [0.2, 0.25) is 0 Å². The molecule has 5 heteroatoms. The fourth-order valence-corrected chi connectivity index (χ4v) is 3.59. The van der Waals surface area contributed by atoms with Crippen LogP contribution in [0.3, 0.4) is 0 Å². The third kappa shape index (κ3) is 5.36. The van der Waals surface area contributed by atoms with Crippen molar-refractivity contribution in [3.8, 4) is 5.75 Å². The van der Waals surface area contributed by atoms with Crippen molar-refractivity contribution in [3.05, 3.63) is 65.1 Å². The van der Waals surface area contributed by atoms with Crippen molar-refractivity contribution in [2.45, 2.75) is 32.4 Å². The number of thiophene rings is 1. The molecule has 0 aliphatic rings. The van der Waals surface area contributed by atoms with Crippen molar-refractivity contribution in [1.82, 2.24) is 9.78 Å². The molecule has 0 saturated heterocycles. The molecule has 1 aromatic carbocycles. The highest BCUT2D eigenvalue weighted by molar-refractivity contribution is 7.09. The first kappa shape index (κ1) is 17.5. The molecule has 0 atom stereocenters. The lowest BCUT2D eigenvalue weighted by Crippen LogP contribution is -2.23. The molecule has 25 heavy (non-hydrogen) atoms. The van der Waals surface area contributed by atoms with Crippen LogP contribution in [-0.4, -0.2) is 23.4 Å². The van der Waals surface area contributed by atoms with Gasteiger partial charge in [-0.1, -0.05) is 6.07 Å². The van der Waals surface area contributed by atoms with E-state index in [9.17, 15) is 0 Å². The van der Waals surface area contributed by atoms with Crippen LogP contribution in [0.5, 0.6) is 5.75 Å². The molecule has 0 N–H and O–H groups in total. The second kappa shape index (κ2) is 9.28. The van der Waals surface area contributed by atoms with Crippen LogP contribution in [0.25, 0.3) is 0 Å². The van der Waals surface area contributed by atoms with Crippen LogP contribution in [0.4, 0.5) is 5.69 Å². The number of nitrogens with zero attached hydrogens (tertiary/aromatic N) is 3. The number of hydrogen-bond donors (Lipinski definition) is 0. The van der Waals surface area contributed by atoms with Crippen LogP contribution in [0.1, 0.15) is 24.1 Å². The molecule has 4 nitrogen and oxygen atoms in total. The molecular formula is C20H25N3OS. The van der Waals surface area contributed by atoms with Crippen molar-refractivity contribution in [2.24, 2.45) is 0 Å².